The smallest absolute Gasteiger partial charge is 0.165 e. The molecule has 0 saturated heterocycles. The minimum absolute atomic E-state index is 0.124. The Morgan fingerprint density at radius 2 is 1.67 bits per heavy atom. The third kappa shape index (κ3) is 3.23. The van der Waals surface area contributed by atoms with Crippen LogP contribution in [0.1, 0.15) is 17.2 Å². The molecule has 1 atom stereocenters. The molecule has 1 unspecified atom stereocenters. The summed E-state index contributed by atoms with van der Waals surface area (Å²) in [5, 5.41) is 0.827. The molecule has 2 aromatic carbocycles. The second-order valence-corrected chi connectivity index (χ2v) is 5.19. The van der Waals surface area contributed by atoms with Crippen LogP contribution in [-0.4, -0.2) is 14.2 Å². The van der Waals surface area contributed by atoms with Crippen molar-refractivity contribution in [2.45, 2.75) is 6.04 Å². The predicted octanol–water partition coefficient (Wildman–Crippen LogP) is 4.20. The molecular weight excluding hydrogens is 316 g/mol. The molecule has 0 aliphatic carbocycles. The largest absolute Gasteiger partial charge is 0.495 e. The predicted molar refractivity (Wildman–Crippen MR) is 82.0 cm³/mol. The number of ether oxygens (including phenoxy) is 2. The third-order valence-corrected chi connectivity index (χ3v) is 3.76. The van der Waals surface area contributed by atoms with Crippen LogP contribution in [0, 0.1) is 5.82 Å². The molecule has 0 saturated carbocycles. The van der Waals surface area contributed by atoms with Gasteiger partial charge in [0.05, 0.1) is 25.3 Å². The van der Waals surface area contributed by atoms with Gasteiger partial charge in [0.2, 0.25) is 0 Å². The van der Waals surface area contributed by atoms with Crippen LogP contribution in [0.4, 0.5) is 4.39 Å². The van der Waals surface area contributed by atoms with Gasteiger partial charge in [0, 0.05) is 11.1 Å². The van der Waals surface area contributed by atoms with Crippen molar-refractivity contribution in [3.8, 4) is 11.5 Å². The molecule has 0 aromatic heterocycles. The van der Waals surface area contributed by atoms with Crippen molar-refractivity contribution >= 4 is 23.2 Å². The molecule has 2 N–H and O–H groups in total. The van der Waals surface area contributed by atoms with Crippen molar-refractivity contribution in [2.75, 3.05) is 14.2 Å². The van der Waals surface area contributed by atoms with E-state index in [0.717, 1.165) is 0 Å². The Hall–Kier alpha value is -1.49. The van der Waals surface area contributed by atoms with Gasteiger partial charge in [0.15, 0.2) is 11.6 Å². The molecule has 21 heavy (non-hydrogen) atoms. The fourth-order valence-electron chi connectivity index (χ4n) is 1.99. The van der Waals surface area contributed by atoms with Crippen LogP contribution in [0.5, 0.6) is 11.5 Å². The zero-order valence-electron chi connectivity index (χ0n) is 11.5. The Kier molecular flexibility index (Phi) is 4.93. The zero-order valence-corrected chi connectivity index (χ0v) is 13.0. The van der Waals surface area contributed by atoms with Gasteiger partial charge < -0.3 is 15.2 Å². The second-order valence-electron chi connectivity index (χ2n) is 4.38. The van der Waals surface area contributed by atoms with E-state index in [1.54, 1.807) is 18.2 Å². The highest BCUT2D eigenvalue weighted by molar-refractivity contribution is 6.34. The van der Waals surface area contributed by atoms with E-state index in [-0.39, 0.29) is 5.75 Å². The summed E-state index contributed by atoms with van der Waals surface area (Å²) in [4.78, 5) is 0. The van der Waals surface area contributed by atoms with E-state index < -0.39 is 11.9 Å². The fourth-order valence-corrected chi connectivity index (χ4v) is 2.51. The standard InChI is InChI=1S/C15H14Cl2FNO2/c1-20-13-7-10(16)9(6-11(13)17)15(19)8-3-4-12(18)14(5-8)21-2/h3-7,15H,19H2,1-2H3. The number of hydrogen-bond acceptors (Lipinski definition) is 3. The molecule has 0 aliphatic rings. The molecule has 0 aliphatic heterocycles. The first-order chi connectivity index (χ1) is 9.97. The summed E-state index contributed by atoms with van der Waals surface area (Å²) in [6, 6.07) is 7.09. The van der Waals surface area contributed by atoms with Gasteiger partial charge >= 0.3 is 0 Å². The maximum atomic E-state index is 13.4. The van der Waals surface area contributed by atoms with Gasteiger partial charge in [-0.1, -0.05) is 29.3 Å². The van der Waals surface area contributed by atoms with E-state index in [9.17, 15) is 4.39 Å². The van der Waals surface area contributed by atoms with E-state index >= 15 is 0 Å². The van der Waals surface area contributed by atoms with Gasteiger partial charge in [-0.25, -0.2) is 4.39 Å². The lowest BCUT2D eigenvalue weighted by Crippen LogP contribution is -2.13. The molecule has 0 heterocycles. The molecule has 2 rings (SSSR count). The van der Waals surface area contributed by atoms with Crippen LogP contribution in [0.25, 0.3) is 0 Å². The maximum Gasteiger partial charge on any atom is 0.165 e. The summed E-state index contributed by atoms with van der Waals surface area (Å²) >= 11 is 12.3. The molecule has 112 valence electrons. The average Bonchev–Trinajstić information content (AvgIpc) is 2.49. The number of nitrogens with two attached hydrogens (primary N) is 1. The van der Waals surface area contributed by atoms with Gasteiger partial charge in [0.1, 0.15) is 5.75 Å². The lowest BCUT2D eigenvalue weighted by molar-refractivity contribution is 0.385. The maximum absolute atomic E-state index is 13.4. The van der Waals surface area contributed by atoms with Crippen LogP contribution in [-0.2, 0) is 0 Å². The van der Waals surface area contributed by atoms with Gasteiger partial charge in [-0.2, -0.15) is 0 Å². The Balaban J connectivity index is 2.44. The summed E-state index contributed by atoms with van der Waals surface area (Å²) < 4.78 is 23.5. The highest BCUT2D eigenvalue weighted by Gasteiger charge is 2.17. The summed E-state index contributed by atoms with van der Waals surface area (Å²) in [7, 11) is 2.90. The number of halogens is 3. The monoisotopic (exact) mass is 329 g/mol. The quantitative estimate of drug-likeness (QED) is 0.914. The van der Waals surface area contributed by atoms with Gasteiger partial charge in [-0.05, 0) is 29.3 Å². The topological polar surface area (TPSA) is 44.5 Å². The first kappa shape index (κ1) is 15.9. The number of methoxy groups -OCH3 is 2. The zero-order chi connectivity index (χ0) is 15.6. The lowest BCUT2D eigenvalue weighted by Gasteiger charge is -2.17. The van der Waals surface area contributed by atoms with Gasteiger partial charge in [-0.3, -0.25) is 0 Å². The second kappa shape index (κ2) is 6.52. The van der Waals surface area contributed by atoms with Crippen LogP contribution in [0.3, 0.4) is 0 Å². The molecule has 0 spiro atoms. The molecule has 2 aromatic rings. The Morgan fingerprint density at radius 1 is 1.00 bits per heavy atom. The molecule has 6 heteroatoms. The minimum atomic E-state index is -0.560. The van der Waals surface area contributed by atoms with Crippen LogP contribution >= 0.6 is 23.2 Å². The van der Waals surface area contributed by atoms with Crippen molar-refractivity contribution < 1.29 is 13.9 Å². The average molecular weight is 330 g/mol. The summed E-state index contributed by atoms with van der Waals surface area (Å²) in [6.07, 6.45) is 0. The Morgan fingerprint density at radius 3 is 2.29 bits per heavy atom. The van der Waals surface area contributed by atoms with E-state index in [1.807, 2.05) is 0 Å². The summed E-state index contributed by atoms with van der Waals surface area (Å²) in [5.41, 5.74) is 7.47. The molecule has 0 bridgehead atoms. The number of benzene rings is 2. The van der Waals surface area contributed by atoms with Crippen LogP contribution in [0.15, 0.2) is 30.3 Å². The Labute approximate surface area is 132 Å². The normalized spacial score (nSPS) is 12.1. The first-order valence-electron chi connectivity index (χ1n) is 6.10. The third-order valence-electron chi connectivity index (χ3n) is 3.14. The van der Waals surface area contributed by atoms with Crippen molar-refractivity contribution in [3.63, 3.8) is 0 Å². The van der Waals surface area contributed by atoms with Crippen molar-refractivity contribution in [1.82, 2.24) is 0 Å². The number of rotatable bonds is 4. The van der Waals surface area contributed by atoms with Crippen LogP contribution < -0.4 is 15.2 Å². The van der Waals surface area contributed by atoms with E-state index in [4.69, 9.17) is 38.4 Å². The van der Waals surface area contributed by atoms with Gasteiger partial charge in [-0.15, -0.1) is 0 Å². The SMILES string of the molecule is COc1cc(C(N)c2cc(Cl)c(OC)cc2Cl)ccc1F. The van der Waals surface area contributed by atoms with Gasteiger partial charge in [0.25, 0.3) is 0 Å². The van der Waals surface area contributed by atoms with Crippen molar-refractivity contribution in [3.05, 3.63) is 57.3 Å². The Bertz CT molecular complexity index is 664. The highest BCUT2D eigenvalue weighted by Crippen LogP contribution is 2.36. The molecular formula is C15H14Cl2FNO2. The van der Waals surface area contributed by atoms with E-state index in [0.29, 0.717) is 26.9 Å². The molecule has 0 amide bonds. The van der Waals surface area contributed by atoms with Crippen molar-refractivity contribution in [2.24, 2.45) is 5.73 Å². The highest BCUT2D eigenvalue weighted by atomic mass is 35.5. The summed E-state index contributed by atoms with van der Waals surface area (Å²) in [5.74, 6) is 0.139. The van der Waals surface area contributed by atoms with Crippen LogP contribution in [0.2, 0.25) is 10.0 Å². The fraction of sp³-hybridized carbons (Fsp3) is 0.200. The molecule has 0 radical (unpaired) electrons. The number of hydrogen-bond donors (Lipinski definition) is 1. The summed E-state index contributed by atoms with van der Waals surface area (Å²) in [6.45, 7) is 0. The molecule has 0 fully saturated rings. The lowest BCUT2D eigenvalue weighted by atomic mass is 9.99. The minimum Gasteiger partial charge on any atom is -0.495 e. The van der Waals surface area contributed by atoms with Crippen molar-refractivity contribution in [1.29, 1.82) is 0 Å². The molecule has 3 nitrogen and oxygen atoms in total. The first-order valence-corrected chi connectivity index (χ1v) is 6.85. The van der Waals surface area contributed by atoms with E-state index in [2.05, 4.69) is 0 Å². The van der Waals surface area contributed by atoms with E-state index in [1.165, 1.54) is 26.4 Å².